The SMILES string of the molecule is O=S(=O)(NCC(O)CO)Nc1ccc(F)c(F)c1Nc1ccc(I)cc1Cl. The summed E-state index contributed by atoms with van der Waals surface area (Å²) in [7, 11) is -4.24. The molecule has 2 aromatic rings. The van der Waals surface area contributed by atoms with Crippen molar-refractivity contribution >= 4 is 61.5 Å². The molecule has 0 bridgehead atoms. The molecular weight excluding hydrogens is 519 g/mol. The van der Waals surface area contributed by atoms with E-state index in [1.54, 1.807) is 12.1 Å². The lowest BCUT2D eigenvalue weighted by Gasteiger charge is -2.17. The van der Waals surface area contributed by atoms with Gasteiger partial charge in [0.2, 0.25) is 0 Å². The van der Waals surface area contributed by atoms with Gasteiger partial charge in [-0.2, -0.15) is 13.1 Å². The highest BCUT2D eigenvalue weighted by Gasteiger charge is 2.20. The van der Waals surface area contributed by atoms with Crippen LogP contribution in [0.2, 0.25) is 5.02 Å². The van der Waals surface area contributed by atoms with Gasteiger partial charge in [0.25, 0.3) is 10.2 Å². The minimum absolute atomic E-state index is 0.226. The van der Waals surface area contributed by atoms with Gasteiger partial charge in [0, 0.05) is 10.1 Å². The molecule has 0 aliphatic rings. The maximum absolute atomic E-state index is 14.3. The summed E-state index contributed by atoms with van der Waals surface area (Å²) in [6.07, 6.45) is -1.31. The molecule has 0 aromatic heterocycles. The number of hydrogen-bond acceptors (Lipinski definition) is 5. The molecule has 5 N–H and O–H groups in total. The standard InChI is InChI=1S/C15H15ClF2IN3O4S/c16-10-5-8(19)1-3-12(10)21-15-13(4-2-11(17)14(15)18)22-27(25,26)20-6-9(24)7-23/h1-5,9,20-24H,6-7H2. The summed E-state index contributed by atoms with van der Waals surface area (Å²) in [4.78, 5) is 0. The van der Waals surface area contributed by atoms with Gasteiger partial charge in [-0.25, -0.2) is 8.78 Å². The third-order valence-electron chi connectivity index (χ3n) is 3.25. The lowest BCUT2D eigenvalue weighted by molar-refractivity contribution is 0.0988. The molecule has 0 fully saturated rings. The molecule has 12 heteroatoms. The summed E-state index contributed by atoms with van der Waals surface area (Å²) < 4.78 is 56.9. The second-order valence-corrected chi connectivity index (χ2v) is 8.48. The van der Waals surface area contributed by atoms with Crippen LogP contribution in [0.15, 0.2) is 30.3 Å². The molecule has 2 aromatic carbocycles. The summed E-state index contributed by atoms with van der Waals surface area (Å²) >= 11 is 8.09. The van der Waals surface area contributed by atoms with E-state index in [-0.39, 0.29) is 16.4 Å². The molecule has 0 radical (unpaired) electrons. The second-order valence-electron chi connectivity index (χ2n) is 5.32. The van der Waals surface area contributed by atoms with Crippen molar-refractivity contribution in [1.82, 2.24) is 4.72 Å². The number of halogens is 4. The van der Waals surface area contributed by atoms with Crippen molar-refractivity contribution < 1.29 is 27.4 Å². The molecule has 0 heterocycles. The van der Waals surface area contributed by atoms with E-state index in [4.69, 9.17) is 16.7 Å². The van der Waals surface area contributed by atoms with Crippen LogP contribution >= 0.6 is 34.2 Å². The van der Waals surface area contributed by atoms with Crippen molar-refractivity contribution in [2.75, 3.05) is 23.2 Å². The summed E-state index contributed by atoms with van der Waals surface area (Å²) in [5.41, 5.74) is -0.508. The Morgan fingerprint density at radius 2 is 1.85 bits per heavy atom. The quantitative estimate of drug-likeness (QED) is 0.335. The highest BCUT2D eigenvalue weighted by molar-refractivity contribution is 14.1. The number of aliphatic hydroxyl groups is 2. The van der Waals surface area contributed by atoms with Crippen molar-refractivity contribution in [3.63, 3.8) is 0 Å². The zero-order chi connectivity index (χ0) is 20.2. The molecule has 1 atom stereocenters. The lowest BCUT2D eigenvalue weighted by Crippen LogP contribution is -2.37. The maximum atomic E-state index is 14.3. The first-order chi connectivity index (χ1) is 12.6. The molecule has 0 saturated carbocycles. The van der Waals surface area contributed by atoms with Gasteiger partial charge in [-0.15, -0.1) is 0 Å². The molecular formula is C15H15ClF2IN3O4S. The molecule has 0 amide bonds. The fraction of sp³-hybridized carbons (Fsp3) is 0.200. The van der Waals surface area contributed by atoms with Crippen molar-refractivity contribution in [2.45, 2.75) is 6.10 Å². The van der Waals surface area contributed by atoms with Crippen LogP contribution < -0.4 is 14.8 Å². The lowest BCUT2D eigenvalue weighted by atomic mass is 10.2. The Bertz CT molecular complexity index is 934. The predicted molar refractivity (Wildman–Crippen MR) is 107 cm³/mol. The van der Waals surface area contributed by atoms with E-state index in [2.05, 4.69) is 5.32 Å². The van der Waals surface area contributed by atoms with Crippen molar-refractivity contribution in [3.8, 4) is 0 Å². The summed E-state index contributed by atoms with van der Waals surface area (Å²) in [6, 6.07) is 6.58. The minimum Gasteiger partial charge on any atom is -0.394 e. The van der Waals surface area contributed by atoms with Crippen LogP contribution in [0, 0.1) is 15.2 Å². The third-order valence-corrected chi connectivity index (χ3v) is 5.27. The number of nitrogens with one attached hydrogen (secondary N) is 3. The molecule has 0 spiro atoms. The smallest absolute Gasteiger partial charge is 0.299 e. The average Bonchev–Trinajstić information content (AvgIpc) is 2.61. The Balaban J connectivity index is 2.33. The number of anilines is 3. The predicted octanol–water partition coefficient (Wildman–Crippen LogP) is 2.57. The van der Waals surface area contributed by atoms with E-state index in [1.165, 1.54) is 6.07 Å². The highest BCUT2D eigenvalue weighted by atomic mass is 127. The molecule has 1 unspecified atom stereocenters. The van der Waals surface area contributed by atoms with E-state index in [0.29, 0.717) is 0 Å². The van der Waals surface area contributed by atoms with Crippen molar-refractivity contribution in [3.05, 3.63) is 50.6 Å². The Hall–Kier alpha value is -1.25. The number of hydrogen-bond donors (Lipinski definition) is 5. The van der Waals surface area contributed by atoms with E-state index in [0.717, 1.165) is 15.7 Å². The van der Waals surface area contributed by atoms with Gasteiger partial charge in [0.15, 0.2) is 11.6 Å². The molecule has 7 nitrogen and oxygen atoms in total. The van der Waals surface area contributed by atoms with Gasteiger partial charge < -0.3 is 15.5 Å². The van der Waals surface area contributed by atoms with Gasteiger partial charge in [-0.1, -0.05) is 11.6 Å². The molecule has 27 heavy (non-hydrogen) atoms. The van der Waals surface area contributed by atoms with Crippen LogP contribution in [0.1, 0.15) is 0 Å². The summed E-state index contributed by atoms with van der Waals surface area (Å²) in [5, 5.41) is 20.8. The van der Waals surface area contributed by atoms with Crippen LogP contribution in [-0.4, -0.2) is 37.9 Å². The molecule has 0 aliphatic carbocycles. The van der Waals surface area contributed by atoms with Crippen LogP contribution in [0.3, 0.4) is 0 Å². The number of rotatable bonds is 8. The molecule has 0 saturated heterocycles. The van der Waals surface area contributed by atoms with Crippen LogP contribution in [0.5, 0.6) is 0 Å². The average molecular weight is 534 g/mol. The van der Waals surface area contributed by atoms with Gasteiger partial charge >= 0.3 is 0 Å². The minimum atomic E-state index is -4.24. The number of aliphatic hydroxyl groups excluding tert-OH is 2. The van der Waals surface area contributed by atoms with Crippen LogP contribution in [0.25, 0.3) is 0 Å². The van der Waals surface area contributed by atoms with Gasteiger partial charge in [0.05, 0.1) is 29.1 Å². The maximum Gasteiger partial charge on any atom is 0.299 e. The molecule has 148 valence electrons. The zero-order valence-corrected chi connectivity index (χ0v) is 17.2. The fourth-order valence-corrected chi connectivity index (χ4v) is 3.78. The van der Waals surface area contributed by atoms with E-state index in [9.17, 15) is 22.3 Å². The number of benzene rings is 2. The summed E-state index contributed by atoms with van der Waals surface area (Å²) in [6.45, 7) is -1.12. The first-order valence-electron chi connectivity index (χ1n) is 7.39. The second kappa shape index (κ2) is 9.30. The van der Waals surface area contributed by atoms with E-state index < -0.39 is 46.8 Å². The molecule has 0 aliphatic heterocycles. The van der Waals surface area contributed by atoms with Crippen molar-refractivity contribution in [2.24, 2.45) is 0 Å². The van der Waals surface area contributed by atoms with Crippen LogP contribution in [-0.2, 0) is 10.2 Å². The first kappa shape index (κ1) is 22.0. The van der Waals surface area contributed by atoms with Gasteiger partial charge in [-0.3, -0.25) is 4.72 Å². The monoisotopic (exact) mass is 533 g/mol. The first-order valence-corrected chi connectivity index (χ1v) is 10.3. The third kappa shape index (κ3) is 6.12. The Labute approximate surface area is 173 Å². The van der Waals surface area contributed by atoms with Gasteiger partial charge in [0.1, 0.15) is 5.69 Å². The Morgan fingerprint density at radius 1 is 1.19 bits per heavy atom. The van der Waals surface area contributed by atoms with Crippen LogP contribution in [0.4, 0.5) is 25.8 Å². The summed E-state index contributed by atoms with van der Waals surface area (Å²) in [5.74, 6) is -2.49. The van der Waals surface area contributed by atoms with E-state index in [1.807, 2.05) is 32.0 Å². The topological polar surface area (TPSA) is 111 Å². The Kier molecular flexibility index (Phi) is 7.59. The van der Waals surface area contributed by atoms with Crippen molar-refractivity contribution in [1.29, 1.82) is 0 Å². The normalized spacial score (nSPS) is 12.7. The highest BCUT2D eigenvalue weighted by Crippen LogP contribution is 2.34. The fourth-order valence-electron chi connectivity index (χ4n) is 1.93. The zero-order valence-electron chi connectivity index (χ0n) is 13.5. The van der Waals surface area contributed by atoms with Gasteiger partial charge in [-0.05, 0) is 52.9 Å². The Morgan fingerprint density at radius 3 is 2.48 bits per heavy atom. The largest absolute Gasteiger partial charge is 0.394 e. The van der Waals surface area contributed by atoms with E-state index >= 15 is 0 Å². The molecule has 2 rings (SSSR count).